The van der Waals surface area contributed by atoms with Crippen LogP contribution in [0.3, 0.4) is 0 Å². The van der Waals surface area contributed by atoms with Crippen LogP contribution in [0, 0.1) is 5.92 Å². The molecule has 3 amide bonds. The minimum absolute atomic E-state index is 0.00588. The third-order valence-corrected chi connectivity index (χ3v) is 3.68. The first-order valence-electron chi connectivity index (χ1n) is 7.67. The van der Waals surface area contributed by atoms with E-state index in [1.807, 2.05) is 12.1 Å². The van der Waals surface area contributed by atoms with Crippen molar-refractivity contribution in [2.24, 2.45) is 5.92 Å². The first-order valence-corrected chi connectivity index (χ1v) is 7.67. The van der Waals surface area contributed by atoms with Crippen LogP contribution in [0.5, 0.6) is 0 Å². The summed E-state index contributed by atoms with van der Waals surface area (Å²) in [5, 5.41) is 2.85. The van der Waals surface area contributed by atoms with Gasteiger partial charge in [-0.15, -0.1) is 0 Å². The van der Waals surface area contributed by atoms with Gasteiger partial charge in [0.05, 0.1) is 6.54 Å². The van der Waals surface area contributed by atoms with Gasteiger partial charge in [0.15, 0.2) is 0 Å². The number of likely N-dealkylation sites (tertiary alicyclic amines) is 1. The molecular formula is C17H22N2O3. The molecule has 1 aliphatic heterocycles. The number of nitrogens with one attached hydrogen (secondary N) is 1. The lowest BCUT2D eigenvalue weighted by atomic mass is 10.1. The predicted molar refractivity (Wildman–Crippen MR) is 83.9 cm³/mol. The van der Waals surface area contributed by atoms with Gasteiger partial charge in [-0.25, -0.2) is 0 Å². The van der Waals surface area contributed by atoms with Crippen molar-refractivity contribution < 1.29 is 14.4 Å². The highest BCUT2D eigenvalue weighted by atomic mass is 16.2. The summed E-state index contributed by atoms with van der Waals surface area (Å²) in [6.07, 6.45) is 1.99. The van der Waals surface area contributed by atoms with Crippen LogP contribution in [0.4, 0.5) is 5.69 Å². The van der Waals surface area contributed by atoms with Crippen LogP contribution < -0.4 is 5.32 Å². The highest BCUT2D eigenvalue weighted by Gasteiger charge is 2.28. The Morgan fingerprint density at radius 1 is 1.14 bits per heavy atom. The number of nitrogens with zero attached hydrogens (tertiary/aromatic N) is 1. The fourth-order valence-corrected chi connectivity index (χ4v) is 2.32. The molecule has 118 valence electrons. The molecule has 1 aromatic carbocycles. The highest BCUT2D eigenvalue weighted by molar-refractivity contribution is 6.01. The van der Waals surface area contributed by atoms with Crippen molar-refractivity contribution in [2.45, 2.75) is 46.1 Å². The Labute approximate surface area is 130 Å². The molecule has 5 heteroatoms. The number of amides is 3. The molecule has 0 unspecified atom stereocenters. The smallest absolute Gasteiger partial charge is 0.229 e. The number of benzene rings is 1. The number of hydrogen-bond acceptors (Lipinski definition) is 3. The summed E-state index contributed by atoms with van der Waals surface area (Å²) in [6.45, 7) is 4.48. The lowest BCUT2D eigenvalue weighted by molar-refractivity contribution is -0.139. The molecule has 0 bridgehead atoms. The molecule has 0 aliphatic carbocycles. The number of imide groups is 1. The molecule has 5 nitrogen and oxygen atoms in total. The van der Waals surface area contributed by atoms with Gasteiger partial charge in [0, 0.05) is 24.9 Å². The van der Waals surface area contributed by atoms with Gasteiger partial charge in [0.1, 0.15) is 0 Å². The zero-order chi connectivity index (χ0) is 16.1. The van der Waals surface area contributed by atoms with Crippen LogP contribution >= 0.6 is 0 Å². The summed E-state index contributed by atoms with van der Waals surface area (Å²) in [7, 11) is 0. The maximum absolute atomic E-state index is 11.8. The van der Waals surface area contributed by atoms with Gasteiger partial charge >= 0.3 is 0 Å². The van der Waals surface area contributed by atoms with Gasteiger partial charge in [0.25, 0.3) is 0 Å². The second-order valence-corrected chi connectivity index (χ2v) is 6.05. The van der Waals surface area contributed by atoms with Crippen LogP contribution in [-0.4, -0.2) is 22.6 Å². The number of carbonyl (C=O) groups is 3. The lowest BCUT2D eigenvalue weighted by Crippen LogP contribution is -2.28. The minimum Gasteiger partial charge on any atom is -0.326 e. The molecular weight excluding hydrogens is 280 g/mol. The van der Waals surface area contributed by atoms with E-state index in [0.717, 1.165) is 17.7 Å². The fraction of sp³-hybridized carbons (Fsp3) is 0.471. The second kappa shape index (κ2) is 7.20. The van der Waals surface area contributed by atoms with Crippen molar-refractivity contribution in [1.29, 1.82) is 0 Å². The molecule has 0 radical (unpaired) electrons. The van der Waals surface area contributed by atoms with Gasteiger partial charge < -0.3 is 5.32 Å². The Morgan fingerprint density at radius 2 is 1.73 bits per heavy atom. The van der Waals surface area contributed by atoms with Crippen LogP contribution in [0.1, 0.15) is 45.1 Å². The summed E-state index contributed by atoms with van der Waals surface area (Å²) < 4.78 is 0. The molecule has 1 saturated heterocycles. The Kier molecular flexibility index (Phi) is 5.31. The number of rotatable bonds is 6. The minimum atomic E-state index is -0.115. The number of hydrogen-bond donors (Lipinski definition) is 1. The number of carbonyl (C=O) groups excluding carboxylic acids is 3. The van der Waals surface area contributed by atoms with E-state index in [9.17, 15) is 14.4 Å². The maximum atomic E-state index is 11.8. The summed E-state index contributed by atoms with van der Waals surface area (Å²) in [5.41, 5.74) is 1.61. The monoisotopic (exact) mass is 302 g/mol. The molecule has 1 aliphatic rings. The van der Waals surface area contributed by atoms with E-state index in [1.54, 1.807) is 12.1 Å². The Balaban J connectivity index is 1.89. The van der Waals surface area contributed by atoms with Crippen molar-refractivity contribution in [3.63, 3.8) is 0 Å². The lowest BCUT2D eigenvalue weighted by Gasteiger charge is -2.14. The highest BCUT2D eigenvalue weighted by Crippen LogP contribution is 2.17. The maximum Gasteiger partial charge on any atom is 0.229 e. The van der Waals surface area contributed by atoms with Gasteiger partial charge in [-0.1, -0.05) is 26.0 Å². The fourth-order valence-electron chi connectivity index (χ4n) is 2.32. The Hall–Kier alpha value is -2.17. The topological polar surface area (TPSA) is 66.5 Å². The molecule has 22 heavy (non-hydrogen) atoms. The number of anilines is 1. The van der Waals surface area contributed by atoms with Crippen molar-refractivity contribution in [1.82, 2.24) is 4.90 Å². The quantitative estimate of drug-likeness (QED) is 0.822. The van der Waals surface area contributed by atoms with Crippen molar-refractivity contribution in [3.8, 4) is 0 Å². The summed E-state index contributed by atoms with van der Waals surface area (Å²) in [6, 6.07) is 7.26. The largest absolute Gasteiger partial charge is 0.326 e. The van der Waals surface area contributed by atoms with Crippen LogP contribution in [0.2, 0.25) is 0 Å². The molecule has 0 aromatic heterocycles. The SMILES string of the molecule is CC(C)CCC(=O)Nc1ccc(CN2C(=O)CCC2=O)cc1. The van der Waals surface area contributed by atoms with Crippen LogP contribution in [-0.2, 0) is 20.9 Å². The molecule has 2 rings (SSSR count). The van der Waals surface area contributed by atoms with E-state index < -0.39 is 0 Å². The standard InChI is InChI=1S/C17H22N2O3/c1-12(2)3-8-15(20)18-14-6-4-13(5-7-14)11-19-16(21)9-10-17(19)22/h4-7,12H,3,8-11H2,1-2H3,(H,18,20). The van der Waals surface area contributed by atoms with E-state index in [2.05, 4.69) is 19.2 Å². The van der Waals surface area contributed by atoms with E-state index in [4.69, 9.17) is 0 Å². The first-order chi connectivity index (χ1) is 10.5. The summed E-state index contributed by atoms with van der Waals surface area (Å²) in [4.78, 5) is 36.2. The van der Waals surface area contributed by atoms with E-state index in [-0.39, 0.29) is 17.7 Å². The van der Waals surface area contributed by atoms with E-state index in [1.165, 1.54) is 4.90 Å². The molecule has 0 atom stereocenters. The van der Waals surface area contributed by atoms with Crippen molar-refractivity contribution >= 4 is 23.4 Å². The second-order valence-electron chi connectivity index (χ2n) is 6.05. The Morgan fingerprint density at radius 3 is 2.27 bits per heavy atom. The molecule has 1 fully saturated rings. The summed E-state index contributed by atoms with van der Waals surface area (Å²) >= 11 is 0. The molecule has 0 spiro atoms. The van der Waals surface area contributed by atoms with Crippen LogP contribution in [0.15, 0.2) is 24.3 Å². The third kappa shape index (κ3) is 4.41. The van der Waals surface area contributed by atoms with Gasteiger partial charge in [-0.2, -0.15) is 0 Å². The zero-order valence-corrected chi connectivity index (χ0v) is 13.1. The molecule has 1 N–H and O–H groups in total. The third-order valence-electron chi connectivity index (χ3n) is 3.68. The van der Waals surface area contributed by atoms with Crippen LogP contribution in [0.25, 0.3) is 0 Å². The van der Waals surface area contributed by atoms with E-state index >= 15 is 0 Å². The summed E-state index contributed by atoms with van der Waals surface area (Å²) in [5.74, 6) is 0.280. The van der Waals surface area contributed by atoms with Crippen molar-refractivity contribution in [2.75, 3.05) is 5.32 Å². The van der Waals surface area contributed by atoms with Gasteiger partial charge in [-0.05, 0) is 30.0 Å². The Bertz CT molecular complexity index is 548. The van der Waals surface area contributed by atoms with Gasteiger partial charge in [-0.3, -0.25) is 19.3 Å². The average molecular weight is 302 g/mol. The van der Waals surface area contributed by atoms with E-state index in [0.29, 0.717) is 31.7 Å². The predicted octanol–water partition coefficient (Wildman–Crippen LogP) is 2.71. The van der Waals surface area contributed by atoms with Crippen molar-refractivity contribution in [3.05, 3.63) is 29.8 Å². The van der Waals surface area contributed by atoms with Gasteiger partial charge in [0.2, 0.25) is 17.7 Å². The normalized spacial score (nSPS) is 14.8. The zero-order valence-electron chi connectivity index (χ0n) is 13.1. The molecule has 1 heterocycles. The molecule has 1 aromatic rings. The average Bonchev–Trinajstić information content (AvgIpc) is 2.79. The first kappa shape index (κ1) is 16.2. The molecule has 0 saturated carbocycles.